The molecule has 0 radical (unpaired) electrons. The monoisotopic (exact) mass is 233 g/mol. The normalized spacial score (nSPS) is 14.8. The molecule has 0 unspecified atom stereocenters. The quantitative estimate of drug-likeness (QED) is 0.793. The van der Waals surface area contributed by atoms with Gasteiger partial charge in [0.2, 0.25) is 5.91 Å². The van der Waals surface area contributed by atoms with Crippen molar-refractivity contribution >= 4 is 17.5 Å². The zero-order valence-electron chi connectivity index (χ0n) is 9.93. The predicted molar refractivity (Wildman–Crippen MR) is 64.7 cm³/mol. The fourth-order valence-corrected chi connectivity index (χ4v) is 2.14. The Morgan fingerprint density at radius 1 is 1.35 bits per heavy atom. The fourth-order valence-electron chi connectivity index (χ4n) is 2.14. The van der Waals surface area contributed by atoms with Gasteiger partial charge in [0.1, 0.15) is 0 Å². The van der Waals surface area contributed by atoms with E-state index in [-0.39, 0.29) is 12.3 Å². The van der Waals surface area contributed by atoms with Crippen molar-refractivity contribution in [3.8, 4) is 0 Å². The van der Waals surface area contributed by atoms with E-state index in [0.29, 0.717) is 17.8 Å². The minimum Gasteiger partial charge on any atom is -0.369 e. The first kappa shape index (κ1) is 11.4. The molecule has 0 bridgehead atoms. The van der Waals surface area contributed by atoms with Gasteiger partial charge in [0.05, 0.1) is 24.3 Å². The van der Waals surface area contributed by atoms with Gasteiger partial charge in [0.15, 0.2) is 0 Å². The molecule has 0 saturated carbocycles. The van der Waals surface area contributed by atoms with E-state index >= 15 is 0 Å². The van der Waals surface area contributed by atoms with Crippen LogP contribution in [0.1, 0.15) is 15.9 Å². The highest BCUT2D eigenvalue weighted by molar-refractivity contribution is 6.03. The second-order valence-electron chi connectivity index (χ2n) is 4.30. The second-order valence-corrected chi connectivity index (χ2v) is 4.30. The molecule has 2 rings (SSSR count). The van der Waals surface area contributed by atoms with E-state index in [4.69, 9.17) is 5.73 Å². The largest absolute Gasteiger partial charge is 0.369 e. The van der Waals surface area contributed by atoms with Gasteiger partial charge in [-0.3, -0.25) is 9.59 Å². The van der Waals surface area contributed by atoms with Gasteiger partial charge in [-0.25, -0.2) is 0 Å². The maximum Gasteiger partial charge on any atom is 0.257 e. The van der Waals surface area contributed by atoms with Crippen LogP contribution in [0.4, 0.5) is 5.69 Å². The zero-order chi connectivity index (χ0) is 12.6. The van der Waals surface area contributed by atoms with Gasteiger partial charge in [-0.1, -0.05) is 12.1 Å². The Morgan fingerprint density at radius 3 is 2.71 bits per heavy atom. The number of hydrogen-bond donors (Lipinski definition) is 1. The number of carbonyl (C=O) groups is 2. The lowest BCUT2D eigenvalue weighted by atomic mass is 9.99. The molecule has 1 aliphatic heterocycles. The van der Waals surface area contributed by atoms with Crippen LogP contribution in [-0.4, -0.2) is 37.5 Å². The highest BCUT2D eigenvalue weighted by atomic mass is 16.2. The van der Waals surface area contributed by atoms with E-state index in [1.807, 2.05) is 24.1 Å². The Bertz CT molecular complexity index is 485. The Morgan fingerprint density at radius 2 is 2.06 bits per heavy atom. The Labute approximate surface area is 99.8 Å². The second kappa shape index (κ2) is 4.08. The van der Waals surface area contributed by atoms with Gasteiger partial charge in [0.25, 0.3) is 5.91 Å². The first-order chi connectivity index (χ1) is 8.00. The molecule has 0 atom stereocenters. The number of rotatable bonds is 2. The third-order valence-corrected chi connectivity index (χ3v) is 2.89. The molecule has 90 valence electrons. The van der Waals surface area contributed by atoms with E-state index in [2.05, 4.69) is 0 Å². The first-order valence-electron chi connectivity index (χ1n) is 5.37. The van der Waals surface area contributed by atoms with Crippen LogP contribution in [0, 0.1) is 0 Å². The van der Waals surface area contributed by atoms with Gasteiger partial charge in [-0.15, -0.1) is 0 Å². The summed E-state index contributed by atoms with van der Waals surface area (Å²) in [4.78, 5) is 26.7. The number of nitrogens with two attached hydrogens (primary N) is 1. The summed E-state index contributed by atoms with van der Waals surface area (Å²) in [5.41, 5.74) is 7.33. The van der Waals surface area contributed by atoms with Gasteiger partial charge in [-0.05, 0) is 11.6 Å². The van der Waals surface area contributed by atoms with Crippen LogP contribution >= 0.6 is 0 Å². The fraction of sp³-hybridized carbons (Fsp3) is 0.333. The van der Waals surface area contributed by atoms with Crippen molar-refractivity contribution in [3.63, 3.8) is 0 Å². The SMILES string of the molecule is CN1CN(C)c2cccc(CC(N)=O)c2C1=O. The number of primary amides is 1. The third kappa shape index (κ3) is 1.95. The molecular formula is C12H15N3O2. The molecule has 1 aromatic rings. The summed E-state index contributed by atoms with van der Waals surface area (Å²) in [5.74, 6) is -0.489. The smallest absolute Gasteiger partial charge is 0.257 e. The highest BCUT2D eigenvalue weighted by Crippen LogP contribution is 2.28. The summed E-state index contributed by atoms with van der Waals surface area (Å²) < 4.78 is 0. The topological polar surface area (TPSA) is 66.6 Å². The molecule has 0 aromatic heterocycles. The lowest BCUT2D eigenvalue weighted by molar-refractivity contribution is -0.117. The number of benzene rings is 1. The molecule has 17 heavy (non-hydrogen) atoms. The van der Waals surface area contributed by atoms with Crippen molar-refractivity contribution < 1.29 is 9.59 Å². The van der Waals surface area contributed by atoms with Crippen LogP contribution in [0.5, 0.6) is 0 Å². The molecule has 2 amide bonds. The summed E-state index contributed by atoms with van der Waals surface area (Å²) in [6, 6.07) is 5.49. The Kier molecular flexibility index (Phi) is 2.75. The maximum absolute atomic E-state index is 12.1. The summed E-state index contributed by atoms with van der Waals surface area (Å²) >= 11 is 0. The predicted octanol–water partition coefficient (Wildman–Crippen LogP) is 0.194. The molecule has 1 heterocycles. The van der Waals surface area contributed by atoms with Crippen LogP contribution in [0.25, 0.3) is 0 Å². The Hall–Kier alpha value is -2.04. The van der Waals surface area contributed by atoms with Crippen molar-refractivity contribution in [1.82, 2.24) is 4.90 Å². The third-order valence-electron chi connectivity index (χ3n) is 2.89. The van der Waals surface area contributed by atoms with Crippen molar-refractivity contribution in [2.75, 3.05) is 25.7 Å². The van der Waals surface area contributed by atoms with E-state index in [0.717, 1.165) is 5.69 Å². The van der Waals surface area contributed by atoms with Crippen molar-refractivity contribution in [2.45, 2.75) is 6.42 Å². The van der Waals surface area contributed by atoms with Crippen molar-refractivity contribution in [3.05, 3.63) is 29.3 Å². The lowest BCUT2D eigenvalue weighted by Crippen LogP contribution is -2.43. The summed E-state index contributed by atoms with van der Waals surface area (Å²) in [7, 11) is 3.65. The average molecular weight is 233 g/mol. The van der Waals surface area contributed by atoms with Crippen LogP contribution in [0.2, 0.25) is 0 Å². The van der Waals surface area contributed by atoms with Gasteiger partial charge in [0, 0.05) is 14.1 Å². The Balaban J connectivity index is 2.54. The molecule has 0 fully saturated rings. The molecular weight excluding hydrogens is 218 g/mol. The van der Waals surface area contributed by atoms with E-state index < -0.39 is 5.91 Å². The molecule has 0 saturated heterocycles. The van der Waals surface area contributed by atoms with E-state index in [1.54, 1.807) is 18.0 Å². The van der Waals surface area contributed by atoms with Gasteiger partial charge >= 0.3 is 0 Å². The summed E-state index contributed by atoms with van der Waals surface area (Å²) in [6.07, 6.45) is 0.0938. The summed E-state index contributed by atoms with van der Waals surface area (Å²) in [6.45, 7) is 0.547. The number of hydrogen-bond acceptors (Lipinski definition) is 3. The van der Waals surface area contributed by atoms with Crippen LogP contribution in [0.3, 0.4) is 0 Å². The molecule has 5 heteroatoms. The minimum absolute atomic E-state index is 0.0602. The van der Waals surface area contributed by atoms with Crippen LogP contribution in [0.15, 0.2) is 18.2 Å². The molecule has 0 aliphatic carbocycles. The van der Waals surface area contributed by atoms with E-state index in [1.165, 1.54) is 0 Å². The summed E-state index contributed by atoms with van der Waals surface area (Å²) in [5, 5.41) is 0. The van der Waals surface area contributed by atoms with Crippen molar-refractivity contribution in [1.29, 1.82) is 0 Å². The minimum atomic E-state index is -0.429. The number of amides is 2. The number of carbonyl (C=O) groups excluding carboxylic acids is 2. The van der Waals surface area contributed by atoms with Crippen LogP contribution in [-0.2, 0) is 11.2 Å². The van der Waals surface area contributed by atoms with Crippen molar-refractivity contribution in [2.24, 2.45) is 5.73 Å². The molecule has 2 N–H and O–H groups in total. The molecule has 0 spiro atoms. The van der Waals surface area contributed by atoms with E-state index in [9.17, 15) is 9.59 Å². The highest BCUT2D eigenvalue weighted by Gasteiger charge is 2.27. The first-order valence-corrected chi connectivity index (χ1v) is 5.37. The number of nitrogens with zero attached hydrogens (tertiary/aromatic N) is 2. The number of anilines is 1. The average Bonchev–Trinajstić information content (AvgIpc) is 2.25. The molecule has 1 aromatic carbocycles. The van der Waals surface area contributed by atoms with Crippen LogP contribution < -0.4 is 10.6 Å². The maximum atomic E-state index is 12.1. The zero-order valence-corrected chi connectivity index (χ0v) is 9.93. The molecule has 1 aliphatic rings. The number of fused-ring (bicyclic) bond motifs is 1. The molecule has 5 nitrogen and oxygen atoms in total. The lowest BCUT2D eigenvalue weighted by Gasteiger charge is -2.34. The van der Waals surface area contributed by atoms with Gasteiger partial charge in [-0.2, -0.15) is 0 Å². The standard InChI is InChI=1S/C12H15N3O2/c1-14-7-15(2)12(17)11-8(6-10(13)16)4-3-5-9(11)14/h3-5H,6-7H2,1-2H3,(H2,13,16). The van der Waals surface area contributed by atoms with Gasteiger partial charge < -0.3 is 15.5 Å².